The SMILES string of the molecule is CCOC(=O)/C=C/CN(C)Cc1cc(Br)cs1. The van der Waals surface area contributed by atoms with E-state index in [0.717, 1.165) is 17.6 Å². The number of hydrogen-bond donors (Lipinski definition) is 0. The number of hydrogen-bond acceptors (Lipinski definition) is 4. The minimum absolute atomic E-state index is 0.278. The summed E-state index contributed by atoms with van der Waals surface area (Å²) in [5.41, 5.74) is 0. The van der Waals surface area contributed by atoms with Gasteiger partial charge in [-0.1, -0.05) is 6.08 Å². The molecule has 0 aliphatic carbocycles. The third-order valence-electron chi connectivity index (χ3n) is 2.01. The highest BCUT2D eigenvalue weighted by Gasteiger charge is 2.01. The first-order valence-corrected chi connectivity index (χ1v) is 7.03. The zero-order valence-corrected chi connectivity index (χ0v) is 12.4. The molecule has 5 heteroatoms. The molecule has 0 amide bonds. The van der Waals surface area contributed by atoms with E-state index in [0.29, 0.717) is 6.61 Å². The fourth-order valence-electron chi connectivity index (χ4n) is 1.29. The van der Waals surface area contributed by atoms with E-state index in [1.54, 1.807) is 18.3 Å². The number of carbonyl (C=O) groups excluding carboxylic acids is 1. The van der Waals surface area contributed by atoms with Gasteiger partial charge in [0.05, 0.1) is 6.61 Å². The van der Waals surface area contributed by atoms with Gasteiger partial charge in [0, 0.05) is 33.9 Å². The van der Waals surface area contributed by atoms with Crippen molar-refractivity contribution < 1.29 is 9.53 Å². The van der Waals surface area contributed by atoms with Crippen LogP contribution in [0.4, 0.5) is 0 Å². The second-order valence-corrected chi connectivity index (χ2v) is 5.49. The summed E-state index contributed by atoms with van der Waals surface area (Å²) in [5.74, 6) is -0.278. The lowest BCUT2D eigenvalue weighted by molar-refractivity contribution is -0.137. The van der Waals surface area contributed by atoms with Crippen molar-refractivity contribution in [3.8, 4) is 0 Å². The molecule has 94 valence electrons. The van der Waals surface area contributed by atoms with Crippen molar-refractivity contribution >= 4 is 33.2 Å². The Morgan fingerprint density at radius 2 is 2.41 bits per heavy atom. The van der Waals surface area contributed by atoms with E-state index >= 15 is 0 Å². The van der Waals surface area contributed by atoms with Crippen molar-refractivity contribution in [1.82, 2.24) is 4.90 Å². The molecule has 0 saturated carbocycles. The first-order chi connectivity index (χ1) is 8.11. The number of halogens is 1. The lowest BCUT2D eigenvalue weighted by Gasteiger charge is -2.12. The summed E-state index contributed by atoms with van der Waals surface area (Å²) in [6.45, 7) is 3.83. The van der Waals surface area contributed by atoms with Crippen LogP contribution in [0, 0.1) is 0 Å². The molecule has 0 unspecified atom stereocenters. The van der Waals surface area contributed by atoms with Crippen LogP contribution in [0.5, 0.6) is 0 Å². The van der Waals surface area contributed by atoms with Gasteiger partial charge in [-0.15, -0.1) is 11.3 Å². The molecule has 0 bridgehead atoms. The Balaban J connectivity index is 2.30. The Kier molecular flexibility index (Phi) is 6.47. The van der Waals surface area contributed by atoms with E-state index < -0.39 is 0 Å². The number of thiophene rings is 1. The van der Waals surface area contributed by atoms with E-state index in [2.05, 4.69) is 32.3 Å². The average Bonchev–Trinajstić information content (AvgIpc) is 2.64. The second-order valence-electron chi connectivity index (χ2n) is 3.58. The van der Waals surface area contributed by atoms with Crippen molar-refractivity contribution in [2.75, 3.05) is 20.2 Å². The fraction of sp³-hybridized carbons (Fsp3) is 0.417. The molecule has 0 radical (unpaired) electrons. The Labute approximate surface area is 114 Å². The number of likely N-dealkylation sites (N-methyl/N-ethyl adjacent to an activating group) is 1. The van der Waals surface area contributed by atoms with Crippen molar-refractivity contribution in [1.29, 1.82) is 0 Å². The zero-order chi connectivity index (χ0) is 12.7. The second kappa shape index (κ2) is 7.63. The highest BCUT2D eigenvalue weighted by molar-refractivity contribution is 9.10. The molecule has 0 atom stereocenters. The maximum Gasteiger partial charge on any atom is 0.330 e. The molecule has 3 nitrogen and oxygen atoms in total. The van der Waals surface area contributed by atoms with E-state index in [-0.39, 0.29) is 5.97 Å². The molecule has 0 aliphatic heterocycles. The molecule has 0 fully saturated rings. The van der Waals surface area contributed by atoms with Gasteiger partial charge in [-0.2, -0.15) is 0 Å². The fourth-order valence-corrected chi connectivity index (χ4v) is 2.82. The molecule has 0 aliphatic rings. The minimum atomic E-state index is -0.278. The number of carbonyl (C=O) groups is 1. The third kappa shape index (κ3) is 6.00. The van der Waals surface area contributed by atoms with Crippen LogP contribution >= 0.6 is 27.3 Å². The smallest absolute Gasteiger partial charge is 0.330 e. The van der Waals surface area contributed by atoms with Crippen LogP contribution < -0.4 is 0 Å². The summed E-state index contributed by atoms with van der Waals surface area (Å²) < 4.78 is 5.92. The van der Waals surface area contributed by atoms with Crippen molar-refractivity contribution in [2.45, 2.75) is 13.5 Å². The number of ether oxygens (including phenoxy) is 1. The first-order valence-electron chi connectivity index (χ1n) is 5.36. The Hall–Kier alpha value is -0.650. The van der Waals surface area contributed by atoms with Crippen LogP contribution in [-0.2, 0) is 16.1 Å². The van der Waals surface area contributed by atoms with Gasteiger partial charge in [0.2, 0.25) is 0 Å². The molecule has 1 aromatic rings. The number of esters is 1. The van der Waals surface area contributed by atoms with Crippen molar-refractivity contribution in [3.63, 3.8) is 0 Å². The Bertz CT molecular complexity index is 390. The van der Waals surface area contributed by atoms with Gasteiger partial charge < -0.3 is 4.74 Å². The van der Waals surface area contributed by atoms with Crippen LogP contribution in [0.3, 0.4) is 0 Å². The van der Waals surface area contributed by atoms with Gasteiger partial charge in [-0.3, -0.25) is 4.90 Å². The average molecular weight is 318 g/mol. The van der Waals surface area contributed by atoms with Crippen LogP contribution in [0.2, 0.25) is 0 Å². The van der Waals surface area contributed by atoms with Crippen LogP contribution in [0.1, 0.15) is 11.8 Å². The van der Waals surface area contributed by atoms with E-state index in [1.807, 2.05) is 13.1 Å². The minimum Gasteiger partial charge on any atom is -0.463 e. The highest BCUT2D eigenvalue weighted by Crippen LogP contribution is 2.20. The summed E-state index contributed by atoms with van der Waals surface area (Å²) in [6.07, 6.45) is 3.30. The van der Waals surface area contributed by atoms with Crippen molar-refractivity contribution in [2.24, 2.45) is 0 Å². The van der Waals surface area contributed by atoms with Crippen LogP contribution in [0.25, 0.3) is 0 Å². The maximum absolute atomic E-state index is 11.1. The van der Waals surface area contributed by atoms with Gasteiger partial charge in [0.15, 0.2) is 0 Å². The first kappa shape index (κ1) is 14.4. The molecular weight excluding hydrogens is 302 g/mol. The zero-order valence-electron chi connectivity index (χ0n) is 9.98. The Morgan fingerprint density at radius 3 is 3.00 bits per heavy atom. The van der Waals surface area contributed by atoms with Gasteiger partial charge in [0.1, 0.15) is 0 Å². The van der Waals surface area contributed by atoms with Gasteiger partial charge in [-0.25, -0.2) is 4.79 Å². The molecule has 0 aromatic carbocycles. The molecule has 1 heterocycles. The van der Waals surface area contributed by atoms with Crippen LogP contribution in [-0.4, -0.2) is 31.1 Å². The topological polar surface area (TPSA) is 29.5 Å². The summed E-state index contributed by atoms with van der Waals surface area (Å²) in [6, 6.07) is 2.11. The highest BCUT2D eigenvalue weighted by atomic mass is 79.9. The molecular formula is C12H16BrNO2S. The van der Waals surface area contributed by atoms with E-state index in [1.165, 1.54) is 11.0 Å². The summed E-state index contributed by atoms with van der Waals surface area (Å²) in [7, 11) is 2.02. The Morgan fingerprint density at radius 1 is 1.65 bits per heavy atom. The number of rotatable bonds is 6. The van der Waals surface area contributed by atoms with Gasteiger partial charge >= 0.3 is 5.97 Å². The quantitative estimate of drug-likeness (QED) is 0.596. The summed E-state index contributed by atoms with van der Waals surface area (Å²) >= 11 is 5.15. The number of nitrogens with zero attached hydrogens (tertiary/aromatic N) is 1. The van der Waals surface area contributed by atoms with Crippen LogP contribution in [0.15, 0.2) is 28.1 Å². The van der Waals surface area contributed by atoms with E-state index in [4.69, 9.17) is 4.74 Å². The third-order valence-corrected chi connectivity index (χ3v) is 3.69. The summed E-state index contributed by atoms with van der Waals surface area (Å²) in [5, 5.41) is 2.07. The standard InChI is InChI=1S/C12H16BrNO2S/c1-3-16-12(15)5-4-6-14(2)8-11-7-10(13)9-17-11/h4-5,7,9H,3,6,8H2,1-2H3/b5-4+. The maximum atomic E-state index is 11.1. The lowest BCUT2D eigenvalue weighted by atomic mass is 10.4. The predicted molar refractivity (Wildman–Crippen MR) is 74.1 cm³/mol. The van der Waals surface area contributed by atoms with Gasteiger partial charge in [-0.05, 0) is 36.0 Å². The predicted octanol–water partition coefficient (Wildman–Crippen LogP) is 3.06. The molecule has 0 N–H and O–H groups in total. The monoisotopic (exact) mass is 317 g/mol. The normalized spacial score (nSPS) is 11.3. The van der Waals surface area contributed by atoms with Crippen molar-refractivity contribution in [3.05, 3.63) is 32.9 Å². The molecule has 0 spiro atoms. The summed E-state index contributed by atoms with van der Waals surface area (Å²) in [4.78, 5) is 14.5. The van der Waals surface area contributed by atoms with E-state index in [9.17, 15) is 4.79 Å². The molecule has 1 aromatic heterocycles. The van der Waals surface area contributed by atoms with Gasteiger partial charge in [0.25, 0.3) is 0 Å². The molecule has 17 heavy (non-hydrogen) atoms. The lowest BCUT2D eigenvalue weighted by Crippen LogP contribution is -2.17. The largest absolute Gasteiger partial charge is 0.463 e. The molecule has 1 rings (SSSR count). The molecule has 0 saturated heterocycles.